The standard InChI is InChI=1S/C12H17N5O/c1-3-10(8-18-2)13-11-6-4-5-9(7-11)12-14-16-17-15-12/h4-7,10,13H,3,8H2,1-2H3,(H,14,15,16,17). The van der Waals surface area contributed by atoms with E-state index < -0.39 is 0 Å². The lowest BCUT2D eigenvalue weighted by molar-refractivity contribution is 0.184. The first-order valence-electron chi connectivity index (χ1n) is 5.92. The molecule has 96 valence electrons. The highest BCUT2D eigenvalue weighted by Gasteiger charge is 2.07. The van der Waals surface area contributed by atoms with Gasteiger partial charge in [-0.05, 0) is 23.8 Å². The summed E-state index contributed by atoms with van der Waals surface area (Å²) in [6.45, 7) is 2.81. The Labute approximate surface area is 106 Å². The van der Waals surface area contributed by atoms with Gasteiger partial charge in [-0.3, -0.25) is 0 Å². The largest absolute Gasteiger partial charge is 0.383 e. The number of nitrogens with zero attached hydrogens (tertiary/aromatic N) is 3. The lowest BCUT2D eigenvalue weighted by atomic mass is 10.1. The van der Waals surface area contributed by atoms with E-state index in [9.17, 15) is 0 Å². The van der Waals surface area contributed by atoms with Crippen LogP contribution in [-0.4, -0.2) is 40.4 Å². The zero-order chi connectivity index (χ0) is 12.8. The van der Waals surface area contributed by atoms with E-state index in [-0.39, 0.29) is 0 Å². The summed E-state index contributed by atoms with van der Waals surface area (Å²) in [5, 5.41) is 17.4. The van der Waals surface area contributed by atoms with Crippen LogP contribution in [0.5, 0.6) is 0 Å². The second kappa shape index (κ2) is 6.11. The summed E-state index contributed by atoms with van der Waals surface area (Å²) in [5.74, 6) is 0.596. The van der Waals surface area contributed by atoms with Crippen molar-refractivity contribution in [1.82, 2.24) is 20.6 Å². The number of benzene rings is 1. The number of aromatic nitrogens is 4. The molecule has 0 aliphatic heterocycles. The second-order valence-electron chi connectivity index (χ2n) is 4.02. The van der Waals surface area contributed by atoms with Gasteiger partial charge in [0.25, 0.3) is 0 Å². The normalized spacial score (nSPS) is 12.3. The minimum atomic E-state index is 0.301. The van der Waals surface area contributed by atoms with Gasteiger partial charge in [0.2, 0.25) is 5.82 Å². The number of nitrogens with one attached hydrogen (secondary N) is 2. The van der Waals surface area contributed by atoms with Crippen LogP contribution in [0.4, 0.5) is 5.69 Å². The van der Waals surface area contributed by atoms with E-state index in [1.54, 1.807) is 7.11 Å². The summed E-state index contributed by atoms with van der Waals surface area (Å²) in [5.41, 5.74) is 1.96. The van der Waals surface area contributed by atoms with Crippen LogP contribution >= 0.6 is 0 Å². The maximum Gasteiger partial charge on any atom is 0.204 e. The minimum Gasteiger partial charge on any atom is -0.383 e. The third-order valence-electron chi connectivity index (χ3n) is 2.70. The Kier molecular flexibility index (Phi) is 4.25. The molecule has 18 heavy (non-hydrogen) atoms. The summed E-state index contributed by atoms with van der Waals surface area (Å²) in [7, 11) is 1.71. The quantitative estimate of drug-likeness (QED) is 0.812. The maximum atomic E-state index is 5.17. The fourth-order valence-electron chi connectivity index (χ4n) is 1.73. The van der Waals surface area contributed by atoms with Crippen molar-refractivity contribution >= 4 is 5.69 Å². The molecule has 0 amide bonds. The van der Waals surface area contributed by atoms with Gasteiger partial charge in [-0.25, -0.2) is 0 Å². The van der Waals surface area contributed by atoms with Crippen molar-refractivity contribution in [2.24, 2.45) is 0 Å². The Hall–Kier alpha value is -1.95. The number of ether oxygens (including phenoxy) is 1. The van der Waals surface area contributed by atoms with Crippen LogP contribution < -0.4 is 5.32 Å². The molecule has 1 aromatic carbocycles. The number of tetrazole rings is 1. The van der Waals surface area contributed by atoms with Crippen molar-refractivity contribution in [3.8, 4) is 11.4 Å². The number of hydrogen-bond acceptors (Lipinski definition) is 5. The number of aromatic amines is 1. The Morgan fingerprint density at radius 1 is 1.44 bits per heavy atom. The van der Waals surface area contributed by atoms with E-state index in [4.69, 9.17) is 4.74 Å². The highest BCUT2D eigenvalue weighted by atomic mass is 16.5. The van der Waals surface area contributed by atoms with Gasteiger partial charge in [-0.15, -0.1) is 10.2 Å². The van der Waals surface area contributed by atoms with E-state index in [2.05, 4.69) is 32.9 Å². The van der Waals surface area contributed by atoms with Crippen molar-refractivity contribution < 1.29 is 4.74 Å². The Morgan fingerprint density at radius 2 is 2.33 bits per heavy atom. The van der Waals surface area contributed by atoms with Gasteiger partial charge in [0.1, 0.15) is 0 Å². The van der Waals surface area contributed by atoms with Gasteiger partial charge in [-0.1, -0.05) is 19.1 Å². The predicted molar refractivity (Wildman–Crippen MR) is 69.2 cm³/mol. The van der Waals surface area contributed by atoms with E-state index in [0.717, 1.165) is 17.7 Å². The first-order chi connectivity index (χ1) is 8.83. The van der Waals surface area contributed by atoms with Gasteiger partial charge in [0.15, 0.2) is 0 Å². The highest BCUT2D eigenvalue weighted by molar-refractivity contribution is 5.61. The Bertz CT molecular complexity index is 471. The number of anilines is 1. The minimum absolute atomic E-state index is 0.301. The molecule has 2 aromatic rings. The molecule has 0 saturated carbocycles. The monoisotopic (exact) mass is 247 g/mol. The SMILES string of the molecule is CCC(COC)Nc1cccc(-c2nn[nH]n2)c1. The van der Waals surface area contributed by atoms with Gasteiger partial charge >= 0.3 is 0 Å². The van der Waals surface area contributed by atoms with Crippen LogP contribution in [0.3, 0.4) is 0 Å². The fraction of sp³-hybridized carbons (Fsp3) is 0.417. The summed E-state index contributed by atoms with van der Waals surface area (Å²) in [4.78, 5) is 0. The molecule has 1 heterocycles. The maximum absolute atomic E-state index is 5.17. The summed E-state index contributed by atoms with van der Waals surface area (Å²) in [6.07, 6.45) is 1.00. The molecule has 1 unspecified atom stereocenters. The van der Waals surface area contributed by atoms with E-state index in [1.807, 2.05) is 24.3 Å². The molecule has 1 aromatic heterocycles. The molecular weight excluding hydrogens is 230 g/mol. The molecule has 0 aliphatic rings. The zero-order valence-corrected chi connectivity index (χ0v) is 10.6. The molecule has 6 heteroatoms. The van der Waals surface area contributed by atoms with Crippen molar-refractivity contribution in [3.05, 3.63) is 24.3 Å². The highest BCUT2D eigenvalue weighted by Crippen LogP contribution is 2.19. The molecule has 1 atom stereocenters. The topological polar surface area (TPSA) is 75.7 Å². The van der Waals surface area contributed by atoms with Gasteiger partial charge in [0.05, 0.1) is 6.61 Å². The van der Waals surface area contributed by atoms with Crippen molar-refractivity contribution in [1.29, 1.82) is 0 Å². The fourth-order valence-corrected chi connectivity index (χ4v) is 1.73. The zero-order valence-electron chi connectivity index (χ0n) is 10.6. The molecule has 0 saturated heterocycles. The van der Waals surface area contributed by atoms with E-state index in [0.29, 0.717) is 18.5 Å². The third-order valence-corrected chi connectivity index (χ3v) is 2.70. The summed E-state index contributed by atoms with van der Waals surface area (Å²) < 4.78 is 5.17. The molecule has 0 radical (unpaired) electrons. The Morgan fingerprint density at radius 3 is 3.00 bits per heavy atom. The molecule has 0 fully saturated rings. The van der Waals surface area contributed by atoms with E-state index in [1.165, 1.54) is 0 Å². The number of rotatable bonds is 6. The number of hydrogen-bond donors (Lipinski definition) is 2. The Balaban J connectivity index is 2.12. The lowest BCUT2D eigenvalue weighted by Crippen LogP contribution is -2.23. The molecule has 2 rings (SSSR count). The molecule has 2 N–H and O–H groups in total. The lowest BCUT2D eigenvalue weighted by Gasteiger charge is -2.17. The first-order valence-corrected chi connectivity index (χ1v) is 5.92. The van der Waals surface area contributed by atoms with Gasteiger partial charge in [0, 0.05) is 24.4 Å². The van der Waals surface area contributed by atoms with Crippen molar-refractivity contribution in [2.75, 3.05) is 19.0 Å². The van der Waals surface area contributed by atoms with E-state index >= 15 is 0 Å². The predicted octanol–water partition coefficient (Wildman–Crippen LogP) is 1.70. The second-order valence-corrected chi connectivity index (χ2v) is 4.02. The average Bonchev–Trinajstić information content (AvgIpc) is 2.92. The smallest absolute Gasteiger partial charge is 0.204 e. The summed E-state index contributed by atoms with van der Waals surface area (Å²) in [6, 6.07) is 8.24. The molecular formula is C12H17N5O. The van der Waals surface area contributed by atoms with Crippen LogP contribution in [-0.2, 0) is 4.74 Å². The number of H-pyrrole nitrogens is 1. The molecule has 0 spiro atoms. The van der Waals surface area contributed by atoms with Crippen LogP contribution in [0.25, 0.3) is 11.4 Å². The molecule has 0 aliphatic carbocycles. The van der Waals surface area contributed by atoms with Crippen LogP contribution in [0.2, 0.25) is 0 Å². The third kappa shape index (κ3) is 3.04. The van der Waals surface area contributed by atoms with Gasteiger partial charge < -0.3 is 10.1 Å². The average molecular weight is 247 g/mol. The van der Waals surface area contributed by atoms with Crippen molar-refractivity contribution in [3.63, 3.8) is 0 Å². The van der Waals surface area contributed by atoms with Crippen molar-refractivity contribution in [2.45, 2.75) is 19.4 Å². The summed E-state index contributed by atoms with van der Waals surface area (Å²) >= 11 is 0. The molecule has 6 nitrogen and oxygen atoms in total. The molecule has 0 bridgehead atoms. The number of methoxy groups -OCH3 is 1. The van der Waals surface area contributed by atoms with Crippen LogP contribution in [0.1, 0.15) is 13.3 Å². The van der Waals surface area contributed by atoms with Crippen LogP contribution in [0, 0.1) is 0 Å². The van der Waals surface area contributed by atoms with Crippen LogP contribution in [0.15, 0.2) is 24.3 Å². The first kappa shape index (κ1) is 12.5. The van der Waals surface area contributed by atoms with Gasteiger partial charge in [-0.2, -0.15) is 5.21 Å².